The molecule has 1 aromatic carbocycles. The van der Waals surface area contributed by atoms with Gasteiger partial charge in [-0.2, -0.15) is 0 Å². The van der Waals surface area contributed by atoms with E-state index in [9.17, 15) is 19.7 Å². The van der Waals surface area contributed by atoms with Gasteiger partial charge >= 0.3 is 5.97 Å². The number of ether oxygens (including phenoxy) is 2. The number of nitro benzene ring substituents is 1. The van der Waals surface area contributed by atoms with Crippen LogP contribution in [0.1, 0.15) is 12.5 Å². The maximum atomic E-state index is 11.1. The highest BCUT2D eigenvalue weighted by Gasteiger charge is 2.22. The SMILES string of the molecule is CC1=CC(O/C=C(/C=O)c2ccc([N+](=O)[O-])cc2)OC1=O. The zero-order valence-electron chi connectivity index (χ0n) is 11.0. The van der Waals surface area contributed by atoms with E-state index in [2.05, 4.69) is 0 Å². The number of hydrogen-bond donors (Lipinski definition) is 0. The molecule has 108 valence electrons. The first-order valence-corrected chi connectivity index (χ1v) is 5.96. The van der Waals surface area contributed by atoms with Gasteiger partial charge in [0.25, 0.3) is 12.0 Å². The molecule has 2 rings (SSSR count). The monoisotopic (exact) mass is 289 g/mol. The molecule has 0 radical (unpaired) electrons. The van der Waals surface area contributed by atoms with Crippen LogP contribution < -0.4 is 0 Å². The summed E-state index contributed by atoms with van der Waals surface area (Å²) < 4.78 is 10.0. The fraction of sp³-hybridized carbons (Fsp3) is 0.143. The Balaban J connectivity index is 2.12. The molecule has 21 heavy (non-hydrogen) atoms. The van der Waals surface area contributed by atoms with Crippen molar-refractivity contribution in [3.05, 3.63) is 57.9 Å². The lowest BCUT2D eigenvalue weighted by Gasteiger charge is -2.08. The van der Waals surface area contributed by atoms with E-state index in [1.165, 1.54) is 30.3 Å². The van der Waals surface area contributed by atoms with Crippen molar-refractivity contribution in [1.82, 2.24) is 0 Å². The Labute approximate surface area is 119 Å². The second-order valence-electron chi connectivity index (χ2n) is 4.25. The highest BCUT2D eigenvalue weighted by molar-refractivity contribution is 6.06. The van der Waals surface area contributed by atoms with E-state index in [-0.39, 0.29) is 11.3 Å². The van der Waals surface area contributed by atoms with Gasteiger partial charge in [-0.15, -0.1) is 0 Å². The average Bonchev–Trinajstić information content (AvgIpc) is 2.79. The van der Waals surface area contributed by atoms with Gasteiger partial charge < -0.3 is 9.47 Å². The van der Waals surface area contributed by atoms with Crippen LogP contribution in [0.5, 0.6) is 0 Å². The molecule has 1 unspecified atom stereocenters. The Morgan fingerprint density at radius 1 is 1.38 bits per heavy atom. The lowest BCUT2D eigenvalue weighted by atomic mass is 10.1. The minimum absolute atomic E-state index is 0.0757. The van der Waals surface area contributed by atoms with Gasteiger partial charge in [0.2, 0.25) is 0 Å². The van der Waals surface area contributed by atoms with Gasteiger partial charge in [-0.05, 0) is 24.6 Å². The summed E-state index contributed by atoms with van der Waals surface area (Å²) in [5.41, 5.74) is 0.990. The van der Waals surface area contributed by atoms with Crippen molar-refractivity contribution >= 4 is 23.5 Å². The summed E-state index contributed by atoms with van der Waals surface area (Å²) in [6.45, 7) is 1.59. The van der Waals surface area contributed by atoms with Crippen LogP contribution in [0.15, 0.2) is 42.2 Å². The van der Waals surface area contributed by atoms with Crippen LogP contribution in [-0.4, -0.2) is 23.5 Å². The number of rotatable bonds is 5. The van der Waals surface area contributed by atoms with E-state index in [0.29, 0.717) is 17.4 Å². The molecule has 0 aliphatic carbocycles. The first-order valence-electron chi connectivity index (χ1n) is 5.96. The molecule has 0 bridgehead atoms. The van der Waals surface area contributed by atoms with E-state index in [1.54, 1.807) is 6.92 Å². The fourth-order valence-corrected chi connectivity index (χ4v) is 1.65. The van der Waals surface area contributed by atoms with Crippen molar-refractivity contribution in [2.24, 2.45) is 0 Å². The quantitative estimate of drug-likeness (QED) is 0.205. The van der Waals surface area contributed by atoms with Crippen molar-refractivity contribution in [3.63, 3.8) is 0 Å². The predicted molar refractivity (Wildman–Crippen MR) is 71.9 cm³/mol. The van der Waals surface area contributed by atoms with Crippen LogP contribution in [-0.2, 0) is 19.1 Å². The summed E-state index contributed by atoms with van der Waals surface area (Å²) in [6.07, 6.45) is 2.32. The first-order chi connectivity index (χ1) is 10.0. The molecule has 1 heterocycles. The third-order valence-corrected chi connectivity index (χ3v) is 2.80. The Morgan fingerprint density at radius 2 is 2.05 bits per heavy atom. The highest BCUT2D eigenvalue weighted by atomic mass is 16.7. The molecule has 0 fully saturated rings. The summed E-state index contributed by atoms with van der Waals surface area (Å²) in [7, 11) is 0. The van der Waals surface area contributed by atoms with Gasteiger partial charge in [-0.3, -0.25) is 14.9 Å². The Kier molecular flexibility index (Phi) is 4.13. The number of carbonyl (C=O) groups excluding carboxylic acids is 2. The van der Waals surface area contributed by atoms with Gasteiger partial charge in [-0.1, -0.05) is 0 Å². The number of non-ortho nitro benzene ring substituents is 1. The lowest BCUT2D eigenvalue weighted by Crippen LogP contribution is -2.09. The molecule has 1 atom stereocenters. The molecular formula is C14H11NO6. The van der Waals surface area contributed by atoms with E-state index < -0.39 is 17.2 Å². The van der Waals surface area contributed by atoms with Crippen molar-refractivity contribution < 1.29 is 24.0 Å². The topological polar surface area (TPSA) is 95.7 Å². The van der Waals surface area contributed by atoms with Crippen molar-refractivity contribution in [2.45, 2.75) is 13.2 Å². The molecule has 1 aromatic rings. The van der Waals surface area contributed by atoms with Crippen molar-refractivity contribution in [1.29, 1.82) is 0 Å². The largest absolute Gasteiger partial charge is 0.458 e. The molecule has 7 heteroatoms. The van der Waals surface area contributed by atoms with E-state index >= 15 is 0 Å². The molecule has 1 aliphatic rings. The smallest absolute Gasteiger partial charge is 0.336 e. The fourth-order valence-electron chi connectivity index (χ4n) is 1.65. The number of nitro groups is 1. The number of hydrogen-bond acceptors (Lipinski definition) is 6. The minimum Gasteiger partial charge on any atom is -0.458 e. The third kappa shape index (κ3) is 3.33. The van der Waals surface area contributed by atoms with Crippen molar-refractivity contribution in [3.8, 4) is 0 Å². The minimum atomic E-state index is -0.870. The summed E-state index contributed by atoms with van der Waals surface area (Å²) >= 11 is 0. The normalized spacial score (nSPS) is 18.0. The molecule has 0 amide bonds. The number of aldehydes is 1. The molecular weight excluding hydrogens is 278 g/mol. The third-order valence-electron chi connectivity index (χ3n) is 2.80. The zero-order chi connectivity index (χ0) is 15.4. The average molecular weight is 289 g/mol. The van der Waals surface area contributed by atoms with Crippen molar-refractivity contribution in [2.75, 3.05) is 0 Å². The van der Waals surface area contributed by atoms with E-state index in [1.807, 2.05) is 0 Å². The second-order valence-corrected chi connectivity index (χ2v) is 4.25. The molecule has 7 nitrogen and oxygen atoms in total. The second kappa shape index (κ2) is 6.00. The van der Waals surface area contributed by atoms with Gasteiger partial charge in [0.15, 0.2) is 6.29 Å². The molecule has 0 aromatic heterocycles. The molecule has 0 saturated carbocycles. The van der Waals surface area contributed by atoms with Gasteiger partial charge in [0.1, 0.15) is 0 Å². The van der Waals surface area contributed by atoms with E-state index in [4.69, 9.17) is 9.47 Å². The standard InChI is InChI=1S/C14H11NO6/c1-9-6-13(21-14(9)17)20-8-11(7-16)10-2-4-12(5-3-10)15(18)19/h2-8,13H,1H3/b11-8-. The van der Waals surface area contributed by atoms with Gasteiger partial charge in [0.05, 0.1) is 16.8 Å². The van der Waals surface area contributed by atoms with Crippen LogP contribution in [0.4, 0.5) is 5.69 Å². The van der Waals surface area contributed by atoms with Gasteiger partial charge in [-0.25, -0.2) is 4.79 Å². The van der Waals surface area contributed by atoms with Crippen LogP contribution >= 0.6 is 0 Å². The van der Waals surface area contributed by atoms with Gasteiger partial charge in [0, 0.05) is 23.8 Å². The number of carbonyl (C=O) groups is 2. The van der Waals surface area contributed by atoms with Crippen LogP contribution in [0.2, 0.25) is 0 Å². The predicted octanol–water partition coefficient (Wildman–Crippen LogP) is 1.98. The number of cyclic esters (lactones) is 1. The maximum absolute atomic E-state index is 11.1. The molecule has 0 saturated heterocycles. The Bertz CT molecular complexity index is 644. The van der Waals surface area contributed by atoms with Crippen LogP contribution in [0.25, 0.3) is 5.57 Å². The van der Waals surface area contributed by atoms with Crippen LogP contribution in [0, 0.1) is 10.1 Å². The number of nitrogens with zero attached hydrogens (tertiary/aromatic N) is 1. The number of esters is 1. The van der Waals surface area contributed by atoms with E-state index in [0.717, 1.165) is 6.26 Å². The molecule has 0 N–H and O–H groups in total. The first kappa shape index (κ1) is 14.4. The molecule has 1 aliphatic heterocycles. The maximum Gasteiger partial charge on any atom is 0.336 e. The number of allylic oxidation sites excluding steroid dienone is 1. The summed E-state index contributed by atoms with van der Waals surface area (Å²) in [4.78, 5) is 32.2. The summed E-state index contributed by atoms with van der Waals surface area (Å²) in [5, 5.41) is 10.6. The zero-order valence-corrected chi connectivity index (χ0v) is 11.0. The Morgan fingerprint density at radius 3 is 2.52 bits per heavy atom. The number of benzene rings is 1. The van der Waals surface area contributed by atoms with Crippen LogP contribution in [0.3, 0.4) is 0 Å². The summed E-state index contributed by atoms with van der Waals surface area (Å²) in [6, 6.07) is 5.44. The highest BCUT2D eigenvalue weighted by Crippen LogP contribution is 2.19. The molecule has 0 spiro atoms. The summed E-state index contributed by atoms with van der Waals surface area (Å²) in [5.74, 6) is -0.476. The lowest BCUT2D eigenvalue weighted by molar-refractivity contribution is -0.384. The Hall–Kier alpha value is -2.96.